The molecule has 0 bridgehead atoms. The third kappa shape index (κ3) is 2.67. The number of H-pyrrole nitrogens is 1. The van der Waals surface area contributed by atoms with Crippen LogP contribution in [0.5, 0.6) is 0 Å². The molecule has 4 nitrogen and oxygen atoms in total. The van der Waals surface area contributed by atoms with Gasteiger partial charge >= 0.3 is 0 Å². The van der Waals surface area contributed by atoms with E-state index in [1.165, 1.54) is 6.21 Å². The lowest BCUT2D eigenvalue weighted by Crippen LogP contribution is -1.99. The summed E-state index contributed by atoms with van der Waals surface area (Å²) in [6.07, 6.45) is -1.27. The zero-order valence-corrected chi connectivity index (χ0v) is 10.3. The Labute approximate surface area is 107 Å². The molecule has 0 spiro atoms. The van der Waals surface area contributed by atoms with Crippen LogP contribution in [-0.4, -0.2) is 21.1 Å². The molecule has 0 aliphatic heterocycles. The number of hydrogen-bond acceptors (Lipinski definition) is 3. The Kier molecular flexibility index (Phi) is 3.61. The number of nitrogens with one attached hydrogen (secondary N) is 1. The average molecular weight is 268 g/mol. The van der Waals surface area contributed by atoms with Gasteiger partial charge in [0.2, 0.25) is 10.6 Å². The number of nitrogens with zero attached hydrogens (tertiary/aromatic N) is 3. The molecule has 0 aliphatic carbocycles. The third-order valence-corrected chi connectivity index (χ3v) is 2.53. The maximum atomic E-state index is 12.6. The summed E-state index contributed by atoms with van der Waals surface area (Å²) in [5.74, 6) is -0.497. The van der Waals surface area contributed by atoms with Crippen molar-refractivity contribution in [3.05, 3.63) is 46.0 Å². The van der Waals surface area contributed by atoms with Gasteiger partial charge in [0, 0.05) is 0 Å². The van der Waals surface area contributed by atoms with Crippen LogP contribution >= 0.6 is 12.2 Å². The van der Waals surface area contributed by atoms with E-state index in [4.69, 9.17) is 12.2 Å². The Bertz CT molecular complexity index is 613. The Balaban J connectivity index is 2.31. The molecule has 0 amide bonds. The number of benzene rings is 1. The van der Waals surface area contributed by atoms with Crippen molar-refractivity contribution in [2.75, 3.05) is 0 Å². The largest absolute Gasteiger partial charge is 0.299 e. The predicted octanol–water partition coefficient (Wildman–Crippen LogP) is 3.07. The van der Waals surface area contributed by atoms with Crippen molar-refractivity contribution in [3.8, 4) is 0 Å². The Morgan fingerprint density at radius 2 is 2.06 bits per heavy atom. The second-order valence-electron chi connectivity index (χ2n) is 3.65. The number of rotatable bonds is 3. The van der Waals surface area contributed by atoms with Crippen LogP contribution in [0.25, 0.3) is 0 Å². The number of aromatic nitrogens is 3. The van der Waals surface area contributed by atoms with E-state index in [0.717, 1.165) is 15.8 Å². The van der Waals surface area contributed by atoms with E-state index in [2.05, 4.69) is 15.3 Å². The van der Waals surface area contributed by atoms with E-state index in [1.807, 2.05) is 31.2 Å². The van der Waals surface area contributed by atoms with Crippen LogP contribution < -0.4 is 0 Å². The van der Waals surface area contributed by atoms with E-state index >= 15 is 0 Å². The van der Waals surface area contributed by atoms with Gasteiger partial charge in [-0.1, -0.05) is 29.8 Å². The fourth-order valence-electron chi connectivity index (χ4n) is 1.33. The van der Waals surface area contributed by atoms with Gasteiger partial charge in [0.15, 0.2) is 0 Å². The molecule has 1 heterocycles. The summed E-state index contributed by atoms with van der Waals surface area (Å²) in [5.41, 5.74) is 1.91. The van der Waals surface area contributed by atoms with Crippen molar-refractivity contribution >= 4 is 18.4 Å². The summed E-state index contributed by atoms with van der Waals surface area (Å²) in [5, 5.41) is 9.61. The highest BCUT2D eigenvalue weighted by atomic mass is 32.1. The highest BCUT2D eigenvalue weighted by Crippen LogP contribution is 2.15. The maximum absolute atomic E-state index is 12.6. The normalized spacial score (nSPS) is 11.6. The average Bonchev–Trinajstić information content (AvgIpc) is 2.70. The van der Waals surface area contributed by atoms with Crippen molar-refractivity contribution in [1.82, 2.24) is 14.9 Å². The van der Waals surface area contributed by atoms with E-state index in [-0.39, 0.29) is 4.77 Å². The molecule has 1 aromatic carbocycles. The first-order valence-corrected chi connectivity index (χ1v) is 5.55. The second-order valence-corrected chi connectivity index (χ2v) is 4.04. The van der Waals surface area contributed by atoms with Crippen LogP contribution in [0.2, 0.25) is 0 Å². The molecule has 1 aromatic heterocycles. The van der Waals surface area contributed by atoms with Gasteiger partial charge in [0.25, 0.3) is 6.43 Å². The molecular formula is C11H10F2N4S. The summed E-state index contributed by atoms with van der Waals surface area (Å²) in [4.78, 5) is 0. The molecule has 2 aromatic rings. The summed E-state index contributed by atoms with van der Waals surface area (Å²) < 4.78 is 26.1. The number of hydrogen-bond donors (Lipinski definition) is 1. The molecule has 0 atom stereocenters. The lowest BCUT2D eigenvalue weighted by molar-refractivity contribution is 0.136. The minimum atomic E-state index is -2.73. The lowest BCUT2D eigenvalue weighted by atomic mass is 10.2. The highest BCUT2D eigenvalue weighted by Gasteiger charge is 2.15. The van der Waals surface area contributed by atoms with Crippen LogP contribution in [0, 0.1) is 11.7 Å². The molecule has 0 fully saturated rings. The fraction of sp³-hybridized carbons (Fsp3) is 0.182. The summed E-state index contributed by atoms with van der Waals surface area (Å²) in [6.45, 7) is 1.96. The van der Waals surface area contributed by atoms with Gasteiger partial charge in [-0.2, -0.15) is 14.9 Å². The smallest absolute Gasteiger partial charge is 0.250 e. The van der Waals surface area contributed by atoms with Crippen molar-refractivity contribution in [2.45, 2.75) is 13.3 Å². The first-order chi connectivity index (χ1) is 8.58. The van der Waals surface area contributed by atoms with Crippen molar-refractivity contribution < 1.29 is 8.78 Å². The van der Waals surface area contributed by atoms with Gasteiger partial charge in [-0.25, -0.2) is 13.9 Å². The Morgan fingerprint density at radius 3 is 2.67 bits per heavy atom. The van der Waals surface area contributed by atoms with Gasteiger partial charge in [-0.15, -0.1) is 0 Å². The molecule has 0 saturated carbocycles. The van der Waals surface area contributed by atoms with Gasteiger partial charge in [0.1, 0.15) is 0 Å². The molecule has 0 saturated heterocycles. The van der Waals surface area contributed by atoms with Crippen LogP contribution in [0.15, 0.2) is 29.4 Å². The number of aromatic amines is 1. The van der Waals surface area contributed by atoms with E-state index in [1.54, 1.807) is 0 Å². The molecule has 1 N–H and O–H groups in total. The predicted molar refractivity (Wildman–Crippen MR) is 66.5 cm³/mol. The molecule has 0 aliphatic rings. The molecule has 0 radical (unpaired) electrons. The molecule has 0 unspecified atom stereocenters. The summed E-state index contributed by atoms with van der Waals surface area (Å²) in [7, 11) is 0. The van der Waals surface area contributed by atoms with Crippen molar-refractivity contribution in [1.29, 1.82) is 0 Å². The van der Waals surface area contributed by atoms with Gasteiger partial charge in [-0.05, 0) is 24.7 Å². The SMILES string of the molecule is Cc1ccc(/C=N/n2c(C(F)F)n[nH]c2=S)cc1. The Morgan fingerprint density at radius 1 is 1.39 bits per heavy atom. The van der Waals surface area contributed by atoms with Crippen LogP contribution in [-0.2, 0) is 0 Å². The molecule has 94 valence electrons. The molecule has 2 rings (SSSR count). The van der Waals surface area contributed by atoms with Gasteiger partial charge in [0.05, 0.1) is 6.21 Å². The van der Waals surface area contributed by atoms with Gasteiger partial charge in [-0.3, -0.25) is 0 Å². The first kappa shape index (κ1) is 12.6. The van der Waals surface area contributed by atoms with E-state index < -0.39 is 12.2 Å². The van der Waals surface area contributed by atoms with Crippen LogP contribution in [0.3, 0.4) is 0 Å². The number of aryl methyl sites for hydroxylation is 1. The first-order valence-electron chi connectivity index (χ1n) is 5.14. The lowest BCUT2D eigenvalue weighted by Gasteiger charge is -1.98. The zero-order chi connectivity index (χ0) is 13.1. The minimum absolute atomic E-state index is 0.0358. The number of halogens is 2. The van der Waals surface area contributed by atoms with Crippen molar-refractivity contribution in [3.63, 3.8) is 0 Å². The fourth-order valence-corrected chi connectivity index (χ4v) is 1.52. The maximum Gasteiger partial charge on any atom is 0.299 e. The highest BCUT2D eigenvalue weighted by molar-refractivity contribution is 7.71. The van der Waals surface area contributed by atoms with Crippen molar-refractivity contribution in [2.24, 2.45) is 5.10 Å². The van der Waals surface area contributed by atoms with E-state index in [9.17, 15) is 8.78 Å². The van der Waals surface area contributed by atoms with Crippen LogP contribution in [0.1, 0.15) is 23.4 Å². The quantitative estimate of drug-likeness (QED) is 0.687. The van der Waals surface area contributed by atoms with E-state index in [0.29, 0.717) is 0 Å². The second kappa shape index (κ2) is 5.18. The summed E-state index contributed by atoms with van der Waals surface area (Å²) in [6, 6.07) is 7.49. The summed E-state index contributed by atoms with van der Waals surface area (Å²) >= 11 is 4.83. The van der Waals surface area contributed by atoms with Gasteiger partial charge < -0.3 is 0 Å². The third-order valence-electron chi connectivity index (χ3n) is 2.27. The standard InChI is InChI=1S/C11H10F2N4S/c1-7-2-4-8(5-3-7)6-14-17-10(9(12)13)15-16-11(17)18/h2-6,9H,1H3,(H,16,18)/b14-6+. The Hall–Kier alpha value is -1.89. The molecule has 18 heavy (non-hydrogen) atoms. The zero-order valence-electron chi connectivity index (χ0n) is 9.47. The minimum Gasteiger partial charge on any atom is -0.250 e. The monoisotopic (exact) mass is 268 g/mol. The number of alkyl halides is 2. The van der Waals surface area contributed by atoms with Crippen LogP contribution in [0.4, 0.5) is 8.78 Å². The molecule has 7 heteroatoms. The molecular weight excluding hydrogens is 258 g/mol. The topological polar surface area (TPSA) is 46.0 Å².